The molecule has 190 valence electrons. The highest BCUT2D eigenvalue weighted by Gasteiger charge is 2.21. The van der Waals surface area contributed by atoms with Gasteiger partial charge in [0.2, 0.25) is 11.9 Å². The van der Waals surface area contributed by atoms with E-state index in [9.17, 15) is 4.79 Å². The van der Waals surface area contributed by atoms with E-state index in [1.807, 2.05) is 36.4 Å². The van der Waals surface area contributed by atoms with Gasteiger partial charge in [0.05, 0.1) is 11.9 Å². The molecule has 0 aliphatic carbocycles. The minimum absolute atomic E-state index is 0.127. The highest BCUT2D eigenvalue weighted by molar-refractivity contribution is 6.30. The Bertz CT molecular complexity index is 1170. The molecule has 0 radical (unpaired) electrons. The summed E-state index contributed by atoms with van der Waals surface area (Å²) in [4.78, 5) is 26.9. The summed E-state index contributed by atoms with van der Waals surface area (Å²) in [7, 11) is 1.46. The molecule has 0 bridgehead atoms. The van der Waals surface area contributed by atoms with Gasteiger partial charge in [-0.25, -0.2) is 4.98 Å². The normalized spacial score (nSPS) is 11.9. The van der Waals surface area contributed by atoms with E-state index in [0.29, 0.717) is 47.0 Å². The number of rotatable bonds is 12. The van der Waals surface area contributed by atoms with Crippen molar-refractivity contribution in [3.8, 4) is 0 Å². The first-order valence-corrected chi connectivity index (χ1v) is 12.3. The van der Waals surface area contributed by atoms with Crippen LogP contribution >= 0.6 is 23.2 Å². The molecule has 3 rings (SSSR count). The molecule has 1 heterocycles. The lowest BCUT2D eigenvalue weighted by molar-refractivity contribution is -0.122. The van der Waals surface area contributed by atoms with Crippen LogP contribution in [0.4, 0.5) is 11.8 Å². The Kier molecular flexibility index (Phi) is 10.3. The third-order valence-corrected chi connectivity index (χ3v) is 5.59. The molecule has 3 aromatic rings. The molecule has 10 heteroatoms. The number of benzene rings is 2. The fourth-order valence-corrected chi connectivity index (χ4v) is 3.75. The molecular formula is C26H30Cl2N6O2. The average Bonchev–Trinajstić information content (AvgIpc) is 2.85. The second kappa shape index (κ2) is 13.7. The van der Waals surface area contributed by atoms with Gasteiger partial charge in [-0.3, -0.25) is 4.79 Å². The van der Waals surface area contributed by atoms with E-state index >= 15 is 0 Å². The van der Waals surface area contributed by atoms with Crippen LogP contribution in [-0.2, 0) is 22.7 Å². The fraction of sp³-hybridized carbons (Fsp3) is 0.308. The van der Waals surface area contributed by atoms with Crippen molar-refractivity contribution in [1.82, 2.24) is 15.3 Å². The number of carbonyl (C=O) groups is 1. The molecular weight excluding hydrogens is 499 g/mol. The van der Waals surface area contributed by atoms with Gasteiger partial charge in [-0.1, -0.05) is 66.5 Å². The van der Waals surface area contributed by atoms with Crippen LogP contribution in [0.2, 0.25) is 10.0 Å². The number of carbonyl (C=O) groups excluding carboxylic acids is 1. The zero-order valence-electron chi connectivity index (χ0n) is 20.5. The van der Waals surface area contributed by atoms with Crippen LogP contribution in [0.1, 0.15) is 37.1 Å². The van der Waals surface area contributed by atoms with Crippen molar-refractivity contribution < 1.29 is 9.63 Å². The van der Waals surface area contributed by atoms with E-state index in [1.54, 1.807) is 18.2 Å². The molecule has 2 aromatic carbocycles. The Morgan fingerprint density at radius 1 is 1.03 bits per heavy atom. The SMILES string of the molecule is CO/N=C/c1cc(N[C@H](CC(C)C)C(=O)NCc2ccc(Cl)cc2)nc(NCc2cccc(Cl)c2)n1. The van der Waals surface area contributed by atoms with E-state index in [0.717, 1.165) is 11.1 Å². The third kappa shape index (κ3) is 9.02. The monoisotopic (exact) mass is 528 g/mol. The Balaban J connectivity index is 1.76. The zero-order chi connectivity index (χ0) is 25.9. The number of nitrogens with zero attached hydrogens (tertiary/aromatic N) is 3. The number of hydrogen-bond acceptors (Lipinski definition) is 7. The highest BCUT2D eigenvalue weighted by Crippen LogP contribution is 2.17. The number of halogens is 2. The Labute approximate surface area is 221 Å². The van der Waals surface area contributed by atoms with Crippen molar-refractivity contribution in [3.05, 3.63) is 81.5 Å². The number of anilines is 2. The van der Waals surface area contributed by atoms with Crippen molar-refractivity contribution in [1.29, 1.82) is 0 Å². The quantitative estimate of drug-likeness (QED) is 0.211. The van der Waals surface area contributed by atoms with Crippen LogP contribution in [0.5, 0.6) is 0 Å². The van der Waals surface area contributed by atoms with Gasteiger partial charge in [-0.2, -0.15) is 4.98 Å². The smallest absolute Gasteiger partial charge is 0.242 e. The van der Waals surface area contributed by atoms with E-state index in [1.165, 1.54) is 13.3 Å². The van der Waals surface area contributed by atoms with E-state index in [2.05, 4.69) is 44.9 Å². The average molecular weight is 529 g/mol. The van der Waals surface area contributed by atoms with Crippen LogP contribution in [0.15, 0.2) is 59.8 Å². The predicted molar refractivity (Wildman–Crippen MR) is 146 cm³/mol. The van der Waals surface area contributed by atoms with Crippen molar-refractivity contribution in [3.63, 3.8) is 0 Å². The summed E-state index contributed by atoms with van der Waals surface area (Å²) in [5, 5.41) is 14.6. The first kappa shape index (κ1) is 27.2. The molecule has 1 atom stereocenters. The summed E-state index contributed by atoms with van der Waals surface area (Å²) in [5.74, 6) is 1.02. The van der Waals surface area contributed by atoms with Gasteiger partial charge < -0.3 is 20.8 Å². The lowest BCUT2D eigenvalue weighted by Gasteiger charge is -2.21. The topological polar surface area (TPSA) is 101 Å². The first-order valence-electron chi connectivity index (χ1n) is 11.5. The Hall–Kier alpha value is -3.36. The van der Waals surface area contributed by atoms with Gasteiger partial charge in [0.15, 0.2) is 0 Å². The standard InChI is InChI=1S/C26H30Cl2N6O2/c1-17(2)11-23(25(35)29-14-18-7-9-20(27)10-8-18)33-24-13-22(16-31-36-3)32-26(34-24)30-15-19-5-4-6-21(28)12-19/h4-10,12-13,16-17,23H,11,14-15H2,1-3H3,(H,29,35)(H2,30,32,33,34)/b31-16+/t23-/m1/s1. The predicted octanol–water partition coefficient (Wildman–Crippen LogP) is 5.52. The third-order valence-electron chi connectivity index (χ3n) is 5.10. The van der Waals surface area contributed by atoms with Crippen molar-refractivity contribution in [2.75, 3.05) is 17.7 Å². The number of oxime groups is 1. The number of aromatic nitrogens is 2. The molecule has 0 aliphatic heterocycles. The Morgan fingerprint density at radius 2 is 1.81 bits per heavy atom. The van der Waals surface area contributed by atoms with Gasteiger partial charge in [-0.15, -0.1) is 0 Å². The van der Waals surface area contributed by atoms with Crippen LogP contribution in [0.3, 0.4) is 0 Å². The van der Waals surface area contributed by atoms with Gasteiger partial charge in [0, 0.05) is 29.2 Å². The molecule has 36 heavy (non-hydrogen) atoms. The second-order valence-electron chi connectivity index (χ2n) is 8.57. The summed E-state index contributed by atoms with van der Waals surface area (Å²) in [6.45, 7) is 5.00. The highest BCUT2D eigenvalue weighted by atomic mass is 35.5. The molecule has 1 amide bonds. The summed E-state index contributed by atoms with van der Waals surface area (Å²) in [6.07, 6.45) is 2.10. The minimum Gasteiger partial charge on any atom is -0.399 e. The van der Waals surface area contributed by atoms with Gasteiger partial charge in [0.25, 0.3) is 0 Å². The lowest BCUT2D eigenvalue weighted by atomic mass is 10.0. The van der Waals surface area contributed by atoms with Crippen LogP contribution in [-0.4, -0.2) is 35.2 Å². The summed E-state index contributed by atoms with van der Waals surface area (Å²) < 4.78 is 0. The molecule has 0 aliphatic rings. The lowest BCUT2D eigenvalue weighted by Crippen LogP contribution is -2.40. The zero-order valence-corrected chi connectivity index (χ0v) is 22.0. The molecule has 1 aromatic heterocycles. The van der Waals surface area contributed by atoms with E-state index in [-0.39, 0.29) is 11.8 Å². The van der Waals surface area contributed by atoms with E-state index < -0.39 is 6.04 Å². The number of amides is 1. The maximum absolute atomic E-state index is 13.1. The number of nitrogens with one attached hydrogen (secondary N) is 3. The maximum atomic E-state index is 13.1. The molecule has 0 fully saturated rings. The van der Waals surface area contributed by atoms with Gasteiger partial charge in [-0.05, 0) is 47.7 Å². The van der Waals surface area contributed by atoms with Crippen molar-refractivity contribution in [2.45, 2.75) is 39.4 Å². The molecule has 0 saturated carbocycles. The largest absolute Gasteiger partial charge is 0.399 e. The van der Waals surface area contributed by atoms with Gasteiger partial charge >= 0.3 is 0 Å². The second-order valence-corrected chi connectivity index (χ2v) is 9.45. The molecule has 3 N–H and O–H groups in total. The summed E-state index contributed by atoms with van der Waals surface area (Å²) >= 11 is 12.0. The molecule has 0 spiro atoms. The van der Waals surface area contributed by atoms with Crippen LogP contribution in [0.25, 0.3) is 0 Å². The Morgan fingerprint density at radius 3 is 2.50 bits per heavy atom. The van der Waals surface area contributed by atoms with Crippen molar-refractivity contribution >= 4 is 47.1 Å². The first-order chi connectivity index (χ1) is 17.3. The van der Waals surface area contributed by atoms with Crippen LogP contribution < -0.4 is 16.0 Å². The molecule has 8 nitrogen and oxygen atoms in total. The fourth-order valence-electron chi connectivity index (χ4n) is 3.42. The summed E-state index contributed by atoms with van der Waals surface area (Å²) in [5.41, 5.74) is 2.47. The summed E-state index contributed by atoms with van der Waals surface area (Å²) in [6, 6.07) is 16.1. The molecule has 0 saturated heterocycles. The maximum Gasteiger partial charge on any atom is 0.242 e. The van der Waals surface area contributed by atoms with Crippen molar-refractivity contribution in [2.24, 2.45) is 11.1 Å². The minimum atomic E-state index is -0.500. The van der Waals surface area contributed by atoms with E-state index in [4.69, 9.17) is 28.0 Å². The number of hydrogen-bond donors (Lipinski definition) is 3. The van der Waals surface area contributed by atoms with Gasteiger partial charge in [0.1, 0.15) is 19.0 Å². The van der Waals surface area contributed by atoms with Crippen LogP contribution in [0, 0.1) is 5.92 Å². The molecule has 0 unspecified atom stereocenters.